The number of sulfonamides is 1. The first-order chi connectivity index (χ1) is 14.3. The minimum Gasteiger partial charge on any atom is -0.471 e. The molecule has 3 heterocycles. The Morgan fingerprint density at radius 1 is 1.17 bits per heavy atom. The normalized spacial score (nSPS) is 11.6. The van der Waals surface area contributed by atoms with Gasteiger partial charge in [0.2, 0.25) is 21.7 Å². The van der Waals surface area contributed by atoms with Crippen molar-refractivity contribution >= 4 is 10.0 Å². The van der Waals surface area contributed by atoms with Gasteiger partial charge in [0.05, 0.1) is 22.3 Å². The van der Waals surface area contributed by atoms with E-state index in [9.17, 15) is 8.42 Å². The van der Waals surface area contributed by atoms with Crippen LogP contribution in [0.2, 0.25) is 0 Å². The minimum absolute atomic E-state index is 0.0347. The molecule has 0 saturated heterocycles. The van der Waals surface area contributed by atoms with E-state index in [0.29, 0.717) is 22.7 Å². The lowest BCUT2D eigenvalue weighted by molar-refractivity contribution is 0.283. The molecule has 0 radical (unpaired) electrons. The molecule has 0 fully saturated rings. The summed E-state index contributed by atoms with van der Waals surface area (Å²) >= 11 is 0. The molecule has 0 bridgehead atoms. The minimum atomic E-state index is -3.84. The first-order valence-electron chi connectivity index (χ1n) is 8.86. The zero-order valence-corrected chi connectivity index (χ0v) is 17.0. The molecule has 0 atom stereocenters. The van der Waals surface area contributed by atoms with E-state index in [1.54, 1.807) is 36.1 Å². The van der Waals surface area contributed by atoms with Crippen LogP contribution in [0.4, 0.5) is 0 Å². The van der Waals surface area contributed by atoms with Crippen molar-refractivity contribution in [3.63, 3.8) is 0 Å². The summed E-state index contributed by atoms with van der Waals surface area (Å²) in [5.41, 5.74) is 2.63. The van der Waals surface area contributed by atoms with Crippen LogP contribution in [-0.4, -0.2) is 33.3 Å². The molecule has 4 rings (SSSR count). The fourth-order valence-corrected chi connectivity index (χ4v) is 3.38. The summed E-state index contributed by atoms with van der Waals surface area (Å²) in [4.78, 5) is 8.66. The number of aromatic nitrogens is 5. The first kappa shape index (κ1) is 19.7. The van der Waals surface area contributed by atoms with E-state index in [-0.39, 0.29) is 23.2 Å². The molecule has 0 aliphatic rings. The number of primary sulfonamides is 1. The van der Waals surface area contributed by atoms with Crippen molar-refractivity contribution in [3.05, 3.63) is 60.0 Å². The maximum absolute atomic E-state index is 11.6. The monoisotopic (exact) mass is 426 g/mol. The average molecular weight is 426 g/mol. The smallest absolute Gasteiger partial charge is 0.261 e. The highest BCUT2D eigenvalue weighted by Crippen LogP contribution is 2.26. The molecule has 0 aliphatic carbocycles. The Kier molecular flexibility index (Phi) is 5.06. The van der Waals surface area contributed by atoms with Crippen LogP contribution in [0, 0.1) is 6.92 Å². The van der Waals surface area contributed by atoms with Crippen LogP contribution in [0.5, 0.6) is 5.88 Å². The predicted octanol–water partition coefficient (Wildman–Crippen LogP) is 2.07. The Hall–Kier alpha value is -3.57. The number of nitrogens with two attached hydrogens (primary N) is 1. The first-order valence-corrected chi connectivity index (χ1v) is 10.4. The summed E-state index contributed by atoms with van der Waals surface area (Å²) in [5, 5.41) is 13.4. The van der Waals surface area contributed by atoms with E-state index in [1.165, 1.54) is 12.1 Å². The summed E-state index contributed by atoms with van der Waals surface area (Å²) < 4.78 is 36.0. The van der Waals surface area contributed by atoms with E-state index in [1.807, 2.05) is 19.1 Å². The number of pyridine rings is 1. The SMILES string of the molecule is Cc1cccc(OCc2c(-c3nc(-c4cccc(S(N)(=O)=O)c4)no3)cnn2C)n1. The van der Waals surface area contributed by atoms with Gasteiger partial charge in [-0.3, -0.25) is 4.68 Å². The van der Waals surface area contributed by atoms with Gasteiger partial charge in [-0.1, -0.05) is 23.4 Å². The van der Waals surface area contributed by atoms with Gasteiger partial charge >= 0.3 is 0 Å². The third kappa shape index (κ3) is 4.07. The molecular formula is C19H18N6O4S. The largest absolute Gasteiger partial charge is 0.471 e. The van der Waals surface area contributed by atoms with Gasteiger partial charge in [-0.15, -0.1) is 0 Å². The van der Waals surface area contributed by atoms with Crippen LogP contribution >= 0.6 is 0 Å². The molecule has 0 amide bonds. The predicted molar refractivity (Wildman–Crippen MR) is 107 cm³/mol. The second-order valence-electron chi connectivity index (χ2n) is 6.53. The molecule has 154 valence electrons. The molecule has 10 nitrogen and oxygen atoms in total. The molecule has 4 aromatic rings. The summed E-state index contributed by atoms with van der Waals surface area (Å²) in [6.45, 7) is 2.08. The van der Waals surface area contributed by atoms with Gasteiger partial charge in [0.15, 0.2) is 0 Å². The summed E-state index contributed by atoms with van der Waals surface area (Å²) in [6.07, 6.45) is 1.60. The van der Waals surface area contributed by atoms with Gasteiger partial charge in [-0.05, 0) is 25.1 Å². The van der Waals surface area contributed by atoms with Crippen molar-refractivity contribution in [1.29, 1.82) is 0 Å². The maximum Gasteiger partial charge on any atom is 0.261 e. The van der Waals surface area contributed by atoms with Crippen LogP contribution < -0.4 is 9.88 Å². The van der Waals surface area contributed by atoms with Gasteiger partial charge in [-0.25, -0.2) is 18.5 Å². The van der Waals surface area contributed by atoms with Crippen molar-refractivity contribution in [2.45, 2.75) is 18.4 Å². The van der Waals surface area contributed by atoms with Gasteiger partial charge in [-0.2, -0.15) is 10.1 Å². The molecule has 1 aromatic carbocycles. The van der Waals surface area contributed by atoms with Crippen LogP contribution in [0.1, 0.15) is 11.4 Å². The number of ether oxygens (including phenoxy) is 1. The van der Waals surface area contributed by atoms with Crippen LogP contribution in [-0.2, 0) is 23.7 Å². The average Bonchev–Trinajstić information content (AvgIpc) is 3.33. The van der Waals surface area contributed by atoms with Gasteiger partial charge < -0.3 is 9.26 Å². The van der Waals surface area contributed by atoms with Crippen molar-refractivity contribution in [2.75, 3.05) is 0 Å². The fraction of sp³-hybridized carbons (Fsp3) is 0.158. The van der Waals surface area contributed by atoms with E-state index in [0.717, 1.165) is 5.69 Å². The Morgan fingerprint density at radius 2 is 1.97 bits per heavy atom. The van der Waals surface area contributed by atoms with Crippen molar-refractivity contribution in [3.8, 4) is 28.7 Å². The Bertz CT molecular complexity index is 1310. The van der Waals surface area contributed by atoms with Crippen molar-refractivity contribution in [1.82, 2.24) is 24.9 Å². The molecule has 0 spiro atoms. The Morgan fingerprint density at radius 3 is 2.73 bits per heavy atom. The number of benzene rings is 1. The molecule has 2 N–H and O–H groups in total. The third-order valence-corrected chi connectivity index (χ3v) is 5.27. The van der Waals surface area contributed by atoms with E-state index in [2.05, 4.69) is 20.2 Å². The lowest BCUT2D eigenvalue weighted by Crippen LogP contribution is -2.11. The molecule has 3 aromatic heterocycles. The highest BCUT2D eigenvalue weighted by Gasteiger charge is 2.19. The molecule has 0 saturated carbocycles. The standard InChI is InChI=1S/C19H18N6O4S/c1-12-5-3-8-17(22-12)28-11-16-15(10-21-25(16)2)19-23-18(24-29-19)13-6-4-7-14(9-13)30(20,26)27/h3-10H,11H2,1-2H3,(H2,20,26,27). The summed E-state index contributed by atoms with van der Waals surface area (Å²) in [7, 11) is -2.06. The number of nitrogens with zero attached hydrogens (tertiary/aromatic N) is 5. The van der Waals surface area contributed by atoms with Gasteiger partial charge in [0.1, 0.15) is 6.61 Å². The second-order valence-corrected chi connectivity index (χ2v) is 8.09. The lowest BCUT2D eigenvalue weighted by atomic mass is 10.2. The second kappa shape index (κ2) is 7.69. The topological polar surface area (TPSA) is 139 Å². The molecule has 11 heteroatoms. The van der Waals surface area contributed by atoms with Gasteiger partial charge in [0.25, 0.3) is 5.89 Å². The zero-order valence-electron chi connectivity index (χ0n) is 16.2. The molecule has 0 unspecified atom stereocenters. The van der Waals surface area contributed by atoms with Crippen molar-refractivity contribution < 1.29 is 17.7 Å². The van der Waals surface area contributed by atoms with Crippen LogP contribution in [0.25, 0.3) is 22.8 Å². The van der Waals surface area contributed by atoms with Crippen molar-refractivity contribution in [2.24, 2.45) is 12.2 Å². The summed E-state index contributed by atoms with van der Waals surface area (Å²) in [6, 6.07) is 11.5. The number of aryl methyl sites for hydroxylation is 2. The van der Waals surface area contributed by atoms with E-state index >= 15 is 0 Å². The highest BCUT2D eigenvalue weighted by atomic mass is 32.2. The molecular weight excluding hydrogens is 408 g/mol. The quantitative estimate of drug-likeness (QED) is 0.494. The molecule has 30 heavy (non-hydrogen) atoms. The summed E-state index contributed by atoms with van der Waals surface area (Å²) in [5.74, 6) is 0.953. The number of hydrogen-bond acceptors (Lipinski definition) is 8. The van der Waals surface area contributed by atoms with Crippen LogP contribution in [0.15, 0.2) is 58.1 Å². The Labute approximate surface area is 172 Å². The number of rotatable bonds is 6. The highest BCUT2D eigenvalue weighted by molar-refractivity contribution is 7.89. The Balaban J connectivity index is 1.62. The number of hydrogen-bond donors (Lipinski definition) is 1. The van der Waals surface area contributed by atoms with Crippen LogP contribution in [0.3, 0.4) is 0 Å². The van der Waals surface area contributed by atoms with E-state index < -0.39 is 10.0 Å². The van der Waals surface area contributed by atoms with E-state index in [4.69, 9.17) is 14.4 Å². The lowest BCUT2D eigenvalue weighted by Gasteiger charge is -2.07. The zero-order chi connectivity index (χ0) is 21.3. The molecule has 0 aliphatic heterocycles. The maximum atomic E-state index is 11.6. The third-order valence-electron chi connectivity index (χ3n) is 4.36. The van der Waals surface area contributed by atoms with Gasteiger partial charge in [0, 0.05) is 24.4 Å². The fourth-order valence-electron chi connectivity index (χ4n) is 2.82.